The van der Waals surface area contributed by atoms with E-state index in [1.54, 1.807) is 12.1 Å². The molecule has 0 aliphatic carbocycles. The molecule has 0 unspecified atom stereocenters. The maximum Gasteiger partial charge on any atom is 0.123 e. The van der Waals surface area contributed by atoms with Crippen LogP contribution < -0.4 is 5.32 Å². The van der Waals surface area contributed by atoms with Crippen molar-refractivity contribution in [3.05, 3.63) is 35.6 Å². The summed E-state index contributed by atoms with van der Waals surface area (Å²) in [4.78, 5) is 4.62. The van der Waals surface area contributed by atoms with E-state index in [1.807, 2.05) is 6.07 Å². The summed E-state index contributed by atoms with van der Waals surface area (Å²) in [7, 11) is 0. The number of aliphatic hydroxyl groups excluding tert-OH is 1. The van der Waals surface area contributed by atoms with E-state index in [0.29, 0.717) is 13.1 Å². The van der Waals surface area contributed by atoms with Gasteiger partial charge in [-0.05, 0) is 56.7 Å². The molecule has 4 nitrogen and oxygen atoms in total. The number of piperidine rings is 1. The van der Waals surface area contributed by atoms with Crippen molar-refractivity contribution in [2.75, 3.05) is 39.3 Å². The Morgan fingerprint density at radius 2 is 2.00 bits per heavy atom. The van der Waals surface area contributed by atoms with E-state index in [4.69, 9.17) is 0 Å². The number of likely N-dealkylation sites (tertiary alicyclic amines) is 1. The number of nitrogens with one attached hydrogen (secondary N) is 1. The molecule has 2 rings (SSSR count). The molecule has 0 aromatic heterocycles. The zero-order valence-corrected chi connectivity index (χ0v) is 17.5. The lowest BCUT2D eigenvalue weighted by Gasteiger charge is -2.36. The van der Waals surface area contributed by atoms with Crippen molar-refractivity contribution in [3.8, 4) is 0 Å². The van der Waals surface area contributed by atoms with Gasteiger partial charge in [0.05, 0.1) is 6.10 Å². The fourth-order valence-corrected chi connectivity index (χ4v) is 3.40. The van der Waals surface area contributed by atoms with E-state index in [1.165, 1.54) is 6.07 Å². The number of nitrogens with zero attached hydrogens (tertiary/aromatic N) is 2. The monoisotopic (exact) mass is 409 g/mol. The summed E-state index contributed by atoms with van der Waals surface area (Å²) < 4.78 is 13.3. The minimum Gasteiger partial charge on any atom is -0.390 e. The maximum absolute atomic E-state index is 13.3. The van der Waals surface area contributed by atoms with E-state index >= 15 is 0 Å². The molecule has 0 radical (unpaired) electrons. The number of benzene rings is 1. The van der Waals surface area contributed by atoms with Crippen LogP contribution in [0, 0.1) is 5.82 Å². The molecule has 2 N–H and O–H groups in total. The average Bonchev–Trinajstić information content (AvgIpc) is 2.57. The third-order valence-electron chi connectivity index (χ3n) is 4.91. The molecule has 1 aromatic carbocycles. The van der Waals surface area contributed by atoms with Crippen molar-refractivity contribution < 1.29 is 9.50 Å². The van der Waals surface area contributed by atoms with Crippen LogP contribution in [0.15, 0.2) is 24.3 Å². The van der Waals surface area contributed by atoms with Crippen molar-refractivity contribution in [2.45, 2.75) is 45.4 Å². The molecule has 26 heavy (non-hydrogen) atoms. The molecule has 7 heteroatoms. The van der Waals surface area contributed by atoms with Crippen LogP contribution in [-0.2, 0) is 6.54 Å². The minimum absolute atomic E-state index is 0. The highest BCUT2D eigenvalue weighted by Gasteiger charge is 2.27. The predicted octanol–water partition coefficient (Wildman–Crippen LogP) is 2.93. The minimum atomic E-state index is -0.360. The van der Waals surface area contributed by atoms with Gasteiger partial charge >= 0.3 is 0 Å². The van der Waals surface area contributed by atoms with Gasteiger partial charge in [-0.25, -0.2) is 4.39 Å². The Bertz CT molecular complexity index is 492. The number of hydrogen-bond acceptors (Lipinski definition) is 4. The quantitative estimate of drug-likeness (QED) is 0.614. The Kier molecular flexibility index (Phi) is 13.5. The van der Waals surface area contributed by atoms with Crippen molar-refractivity contribution in [1.29, 1.82) is 0 Å². The molecule has 0 bridgehead atoms. The van der Waals surface area contributed by atoms with Gasteiger partial charge in [0.2, 0.25) is 0 Å². The molecule has 0 amide bonds. The van der Waals surface area contributed by atoms with E-state index in [9.17, 15) is 9.50 Å². The van der Waals surface area contributed by atoms with Crippen LogP contribution in [0.25, 0.3) is 0 Å². The Balaban J connectivity index is 0.00000312. The molecular formula is C19H34Cl2FN3O. The average molecular weight is 410 g/mol. The molecular weight excluding hydrogens is 376 g/mol. The number of halogens is 3. The Labute approximate surface area is 170 Å². The lowest BCUT2D eigenvalue weighted by atomic mass is 10.0. The summed E-state index contributed by atoms with van der Waals surface area (Å²) in [5.74, 6) is -0.196. The highest BCUT2D eigenvalue weighted by Crippen LogP contribution is 2.15. The number of aliphatic hydroxyl groups is 1. The van der Waals surface area contributed by atoms with Crippen LogP contribution in [-0.4, -0.2) is 66.3 Å². The third-order valence-corrected chi connectivity index (χ3v) is 4.91. The second kappa shape index (κ2) is 13.7. The van der Waals surface area contributed by atoms with E-state index in [-0.39, 0.29) is 42.8 Å². The van der Waals surface area contributed by atoms with Crippen molar-refractivity contribution in [1.82, 2.24) is 15.1 Å². The van der Waals surface area contributed by atoms with Crippen LogP contribution in [0.1, 0.15) is 32.3 Å². The zero-order chi connectivity index (χ0) is 17.4. The molecule has 1 saturated heterocycles. The Morgan fingerprint density at radius 3 is 2.62 bits per heavy atom. The zero-order valence-electron chi connectivity index (χ0n) is 15.9. The Hall–Kier alpha value is -0.430. The molecule has 2 atom stereocenters. The summed E-state index contributed by atoms with van der Waals surface area (Å²) in [6.07, 6.45) is 1.68. The van der Waals surface area contributed by atoms with Gasteiger partial charge in [0, 0.05) is 25.7 Å². The van der Waals surface area contributed by atoms with Gasteiger partial charge in [0.1, 0.15) is 5.82 Å². The standard InChI is InChI=1S/C19H32FN3O.2ClH/c1-3-22(4-2)11-6-10-21-18-9-12-23(15-19(18)24)14-16-7-5-8-17(20)13-16;;/h5,7-8,13,18-19,21,24H,3-4,6,9-12,14-15H2,1-2H3;2*1H/t18-,19-;;/m1../s1. The van der Waals surface area contributed by atoms with Gasteiger partial charge < -0.3 is 15.3 Å². The van der Waals surface area contributed by atoms with E-state index in [0.717, 1.165) is 51.1 Å². The number of rotatable bonds is 9. The largest absolute Gasteiger partial charge is 0.390 e. The van der Waals surface area contributed by atoms with Gasteiger partial charge in [0.15, 0.2) is 0 Å². The molecule has 152 valence electrons. The predicted molar refractivity (Wildman–Crippen MR) is 111 cm³/mol. The first-order chi connectivity index (χ1) is 11.6. The smallest absolute Gasteiger partial charge is 0.123 e. The summed E-state index contributed by atoms with van der Waals surface area (Å²) >= 11 is 0. The second-order valence-corrected chi connectivity index (χ2v) is 6.66. The van der Waals surface area contributed by atoms with Crippen LogP contribution in [0.4, 0.5) is 4.39 Å². The first-order valence-electron chi connectivity index (χ1n) is 9.23. The van der Waals surface area contributed by atoms with Crippen LogP contribution in [0.5, 0.6) is 0 Å². The SMILES string of the molecule is CCN(CC)CCCN[C@@H]1CCN(Cc2cccc(F)c2)C[C@H]1O.Cl.Cl. The van der Waals surface area contributed by atoms with Crippen LogP contribution >= 0.6 is 24.8 Å². The van der Waals surface area contributed by atoms with Crippen molar-refractivity contribution >= 4 is 24.8 Å². The van der Waals surface area contributed by atoms with Crippen LogP contribution in [0.2, 0.25) is 0 Å². The fraction of sp³-hybridized carbons (Fsp3) is 0.684. The molecule has 1 fully saturated rings. The number of hydrogen-bond donors (Lipinski definition) is 2. The highest BCUT2D eigenvalue weighted by molar-refractivity contribution is 5.85. The van der Waals surface area contributed by atoms with Crippen LogP contribution in [0.3, 0.4) is 0 Å². The Morgan fingerprint density at radius 1 is 1.27 bits per heavy atom. The molecule has 1 aliphatic heterocycles. The first-order valence-corrected chi connectivity index (χ1v) is 9.23. The molecule has 0 spiro atoms. The molecule has 1 aromatic rings. The molecule has 0 saturated carbocycles. The topological polar surface area (TPSA) is 38.7 Å². The summed E-state index contributed by atoms with van der Waals surface area (Å²) in [6, 6.07) is 6.89. The third kappa shape index (κ3) is 8.51. The van der Waals surface area contributed by atoms with Gasteiger partial charge in [-0.15, -0.1) is 24.8 Å². The van der Waals surface area contributed by atoms with Gasteiger partial charge in [-0.3, -0.25) is 4.90 Å². The summed E-state index contributed by atoms with van der Waals surface area (Å²) in [6.45, 7) is 10.9. The van der Waals surface area contributed by atoms with Crippen molar-refractivity contribution in [3.63, 3.8) is 0 Å². The second-order valence-electron chi connectivity index (χ2n) is 6.66. The summed E-state index contributed by atoms with van der Waals surface area (Å²) in [5, 5.41) is 13.9. The molecule has 1 aliphatic rings. The van der Waals surface area contributed by atoms with Gasteiger partial charge in [0.25, 0.3) is 0 Å². The molecule has 1 heterocycles. The summed E-state index contributed by atoms with van der Waals surface area (Å²) in [5.41, 5.74) is 0.966. The first kappa shape index (κ1) is 25.6. The fourth-order valence-electron chi connectivity index (χ4n) is 3.40. The van der Waals surface area contributed by atoms with E-state index < -0.39 is 0 Å². The lowest BCUT2D eigenvalue weighted by Crippen LogP contribution is -2.52. The van der Waals surface area contributed by atoms with Gasteiger partial charge in [-0.1, -0.05) is 26.0 Å². The van der Waals surface area contributed by atoms with Gasteiger partial charge in [-0.2, -0.15) is 0 Å². The van der Waals surface area contributed by atoms with Crippen molar-refractivity contribution in [2.24, 2.45) is 0 Å². The number of β-amino-alcohol motifs (C(OH)–C–C–N with tert-alkyl or cyclic N) is 1. The maximum atomic E-state index is 13.3. The lowest BCUT2D eigenvalue weighted by molar-refractivity contribution is 0.0369. The highest BCUT2D eigenvalue weighted by atomic mass is 35.5. The normalized spacial score (nSPS) is 20.5. The van der Waals surface area contributed by atoms with E-state index in [2.05, 4.69) is 29.0 Å².